The van der Waals surface area contributed by atoms with Crippen molar-refractivity contribution in [2.75, 3.05) is 44.9 Å². The van der Waals surface area contributed by atoms with E-state index in [2.05, 4.69) is 19.9 Å². The first-order chi connectivity index (χ1) is 14.8. The highest BCUT2D eigenvalue weighted by molar-refractivity contribution is 5.74. The zero-order valence-corrected chi connectivity index (χ0v) is 17.2. The van der Waals surface area contributed by atoms with E-state index in [4.69, 9.17) is 4.74 Å². The monoisotopic (exact) mass is 438 g/mol. The number of morpholine rings is 1. The summed E-state index contributed by atoms with van der Waals surface area (Å²) in [6.45, 7) is 2.21. The van der Waals surface area contributed by atoms with Gasteiger partial charge in [0.15, 0.2) is 6.61 Å². The van der Waals surface area contributed by atoms with Crippen LogP contribution in [0, 0.1) is 0 Å². The largest absolute Gasteiger partial charge is 0.468 e. The molecule has 3 rings (SSSR count). The Hall–Kier alpha value is -3.01. The lowest BCUT2D eigenvalue weighted by molar-refractivity contribution is -0.154. The first-order valence-corrected chi connectivity index (χ1v) is 9.86. The van der Waals surface area contributed by atoms with Gasteiger partial charge in [-0.25, -0.2) is 9.78 Å². The van der Waals surface area contributed by atoms with Crippen LogP contribution in [0.15, 0.2) is 42.6 Å². The molecule has 1 aliphatic heterocycles. The molecule has 2 aromatic rings. The van der Waals surface area contributed by atoms with Crippen molar-refractivity contribution in [3.05, 3.63) is 53.7 Å². The third-order valence-corrected chi connectivity index (χ3v) is 4.72. The first-order valence-electron chi connectivity index (χ1n) is 9.86. The average molecular weight is 438 g/mol. The van der Waals surface area contributed by atoms with E-state index in [9.17, 15) is 18.0 Å². The van der Waals surface area contributed by atoms with Crippen molar-refractivity contribution >= 4 is 11.7 Å². The number of nitrogens with zero attached hydrogens (tertiary/aromatic N) is 3. The van der Waals surface area contributed by atoms with Gasteiger partial charge in [0, 0.05) is 51.2 Å². The summed E-state index contributed by atoms with van der Waals surface area (Å²) in [6, 6.07) is 10.6. The molecule has 0 bridgehead atoms. The van der Waals surface area contributed by atoms with Gasteiger partial charge >= 0.3 is 12.2 Å². The fraction of sp³-hybridized carbons (Fsp3) is 0.429. The summed E-state index contributed by atoms with van der Waals surface area (Å²) in [4.78, 5) is 20.2. The molecular weight excluding hydrogens is 413 g/mol. The number of rotatable bonds is 7. The van der Waals surface area contributed by atoms with Gasteiger partial charge in [0.2, 0.25) is 5.88 Å². The number of carbonyl (C=O) groups excluding carboxylic acids is 1. The minimum absolute atomic E-state index is 0.121. The van der Waals surface area contributed by atoms with Gasteiger partial charge in [-0.15, -0.1) is 0 Å². The van der Waals surface area contributed by atoms with E-state index in [1.807, 2.05) is 24.3 Å². The van der Waals surface area contributed by atoms with Gasteiger partial charge in [-0.3, -0.25) is 0 Å². The van der Waals surface area contributed by atoms with Crippen molar-refractivity contribution in [3.63, 3.8) is 0 Å². The number of nitrogens with one attached hydrogen (secondary N) is 1. The van der Waals surface area contributed by atoms with E-state index in [0.717, 1.165) is 24.3 Å². The van der Waals surface area contributed by atoms with Gasteiger partial charge in [0.1, 0.15) is 0 Å². The summed E-state index contributed by atoms with van der Waals surface area (Å²) in [7, 11) is 1.71. The van der Waals surface area contributed by atoms with Crippen LogP contribution in [0.1, 0.15) is 11.1 Å². The second kappa shape index (κ2) is 10.3. The van der Waals surface area contributed by atoms with Crippen molar-refractivity contribution in [3.8, 4) is 5.88 Å². The molecule has 0 unspecified atom stereocenters. The fourth-order valence-electron chi connectivity index (χ4n) is 3.15. The fourth-order valence-corrected chi connectivity index (χ4v) is 3.15. The van der Waals surface area contributed by atoms with Crippen molar-refractivity contribution < 1.29 is 27.4 Å². The van der Waals surface area contributed by atoms with Crippen LogP contribution in [0.2, 0.25) is 0 Å². The number of urea groups is 1. The van der Waals surface area contributed by atoms with Crippen molar-refractivity contribution in [1.82, 2.24) is 15.2 Å². The number of aromatic nitrogens is 1. The Morgan fingerprint density at radius 1 is 1.23 bits per heavy atom. The molecule has 0 aliphatic carbocycles. The quantitative estimate of drug-likeness (QED) is 0.719. The van der Waals surface area contributed by atoms with Crippen LogP contribution in [0.25, 0.3) is 0 Å². The number of pyridine rings is 1. The molecule has 1 aliphatic rings. The molecule has 1 aromatic heterocycles. The summed E-state index contributed by atoms with van der Waals surface area (Å²) in [5, 5.41) is 2.79. The third kappa shape index (κ3) is 7.02. The second-order valence-corrected chi connectivity index (χ2v) is 7.15. The number of halogens is 3. The molecule has 0 spiro atoms. The number of hydrogen-bond donors (Lipinski definition) is 1. The maximum absolute atomic E-state index is 12.5. The third-order valence-electron chi connectivity index (χ3n) is 4.72. The van der Waals surface area contributed by atoms with Gasteiger partial charge in [0.25, 0.3) is 0 Å². The standard InChI is InChI=1S/C21H25F3N4O3/c1-27(14-17-4-2-3-5-18(17)28-8-10-30-11-9-28)20(29)26-13-16-6-7-19(25-12-16)31-15-21(22,23)24/h2-7,12H,8-11,13-15H2,1H3,(H,26,29). The average Bonchev–Trinajstić information content (AvgIpc) is 2.77. The minimum atomic E-state index is -4.42. The lowest BCUT2D eigenvalue weighted by atomic mass is 10.1. The Labute approximate surface area is 178 Å². The molecular formula is C21H25F3N4O3. The second-order valence-electron chi connectivity index (χ2n) is 7.15. The van der Waals surface area contributed by atoms with E-state index < -0.39 is 12.8 Å². The molecule has 2 amide bonds. The SMILES string of the molecule is CN(Cc1ccccc1N1CCOCC1)C(=O)NCc1ccc(OCC(F)(F)F)nc1. The topological polar surface area (TPSA) is 66.9 Å². The van der Waals surface area contributed by atoms with Crippen LogP contribution in [-0.4, -0.2) is 62.0 Å². The number of amides is 2. The summed E-state index contributed by atoms with van der Waals surface area (Å²) in [5.74, 6) is -0.121. The van der Waals surface area contributed by atoms with Gasteiger partial charge < -0.3 is 24.6 Å². The predicted octanol–water partition coefficient (Wildman–Crippen LogP) is 3.20. The molecule has 0 saturated carbocycles. The van der Waals surface area contributed by atoms with E-state index in [1.54, 1.807) is 18.0 Å². The molecule has 31 heavy (non-hydrogen) atoms. The zero-order chi connectivity index (χ0) is 22.3. The molecule has 168 valence electrons. The van der Waals surface area contributed by atoms with Crippen molar-refractivity contribution in [2.24, 2.45) is 0 Å². The maximum Gasteiger partial charge on any atom is 0.422 e. The van der Waals surface area contributed by atoms with Crippen LogP contribution in [0.4, 0.5) is 23.7 Å². The molecule has 0 atom stereocenters. The normalized spacial score (nSPS) is 14.3. The highest BCUT2D eigenvalue weighted by atomic mass is 19.4. The number of benzene rings is 1. The predicted molar refractivity (Wildman–Crippen MR) is 109 cm³/mol. The number of para-hydroxylation sites is 1. The van der Waals surface area contributed by atoms with Gasteiger partial charge in [0.05, 0.1) is 13.2 Å². The zero-order valence-electron chi connectivity index (χ0n) is 17.2. The highest BCUT2D eigenvalue weighted by Crippen LogP contribution is 2.23. The van der Waals surface area contributed by atoms with E-state index in [1.165, 1.54) is 12.3 Å². The maximum atomic E-state index is 12.5. The molecule has 7 nitrogen and oxygen atoms in total. The van der Waals surface area contributed by atoms with E-state index in [0.29, 0.717) is 25.3 Å². The summed E-state index contributed by atoms with van der Waals surface area (Å²) >= 11 is 0. The Balaban J connectivity index is 1.51. The van der Waals surface area contributed by atoms with Gasteiger partial charge in [-0.1, -0.05) is 24.3 Å². The Morgan fingerprint density at radius 2 is 1.97 bits per heavy atom. The summed E-state index contributed by atoms with van der Waals surface area (Å²) < 4.78 is 46.5. The summed E-state index contributed by atoms with van der Waals surface area (Å²) in [5.41, 5.74) is 2.77. The Bertz CT molecular complexity index is 856. The van der Waals surface area contributed by atoms with E-state index in [-0.39, 0.29) is 18.5 Å². The Morgan fingerprint density at radius 3 is 2.65 bits per heavy atom. The first kappa shape index (κ1) is 22.7. The molecule has 1 saturated heterocycles. The highest BCUT2D eigenvalue weighted by Gasteiger charge is 2.28. The molecule has 1 N–H and O–H groups in total. The number of ether oxygens (including phenoxy) is 2. The summed E-state index contributed by atoms with van der Waals surface area (Å²) in [6.07, 6.45) is -3.04. The minimum Gasteiger partial charge on any atom is -0.468 e. The van der Waals surface area contributed by atoms with Crippen LogP contribution in [0.3, 0.4) is 0 Å². The number of carbonyl (C=O) groups is 1. The van der Waals surface area contributed by atoms with Crippen LogP contribution >= 0.6 is 0 Å². The van der Waals surface area contributed by atoms with Crippen LogP contribution in [-0.2, 0) is 17.8 Å². The molecule has 10 heteroatoms. The van der Waals surface area contributed by atoms with Crippen LogP contribution in [0.5, 0.6) is 5.88 Å². The van der Waals surface area contributed by atoms with Crippen molar-refractivity contribution in [2.45, 2.75) is 19.3 Å². The molecule has 0 radical (unpaired) electrons. The Kier molecular flexibility index (Phi) is 7.56. The smallest absolute Gasteiger partial charge is 0.422 e. The lowest BCUT2D eigenvalue weighted by Crippen LogP contribution is -2.39. The number of hydrogen-bond acceptors (Lipinski definition) is 5. The van der Waals surface area contributed by atoms with Gasteiger partial charge in [-0.05, 0) is 17.2 Å². The molecule has 1 aromatic carbocycles. The lowest BCUT2D eigenvalue weighted by Gasteiger charge is -2.31. The molecule has 1 fully saturated rings. The van der Waals surface area contributed by atoms with Crippen LogP contribution < -0.4 is 15.0 Å². The van der Waals surface area contributed by atoms with Gasteiger partial charge in [-0.2, -0.15) is 13.2 Å². The van der Waals surface area contributed by atoms with E-state index >= 15 is 0 Å². The molecule has 2 heterocycles. The number of anilines is 1. The van der Waals surface area contributed by atoms with Crippen molar-refractivity contribution in [1.29, 1.82) is 0 Å². The number of alkyl halides is 3.